The van der Waals surface area contributed by atoms with Gasteiger partial charge in [0.2, 0.25) is 41.4 Å². The van der Waals surface area contributed by atoms with Gasteiger partial charge in [-0.3, -0.25) is 63.0 Å². The molecule has 0 saturated carbocycles. The third-order valence-corrected chi connectivity index (χ3v) is 11.5. The molecule has 1 heterocycles. The predicted octanol–water partition coefficient (Wildman–Crippen LogP) is 0.0343. The summed E-state index contributed by atoms with van der Waals surface area (Å²) >= 11 is 0. The SMILES string of the molecule is CCCN(NC(=O)[C@H]1CCCN1C(=O)[C@@H](NC(=O)[C@@H](NC(=O)[C@H](CC(=O)O)NC(=O)[C@H](CCC(=O)O)NC(=O)[C@@H](NC(=O)[C@H](CC(=O)O)NC(C)=O)[C@@H](C)O)C(C)C)C(C)C)C(=O)c1cc(C(F)(F)F)cc(C(F)(F)F)c1. The van der Waals surface area contributed by atoms with E-state index in [4.69, 9.17) is 0 Å². The van der Waals surface area contributed by atoms with Crippen molar-refractivity contribution >= 4 is 71.1 Å². The summed E-state index contributed by atoms with van der Waals surface area (Å²) in [6, 6.07) is -12.1. The van der Waals surface area contributed by atoms with E-state index in [2.05, 4.69) is 32.0 Å². The van der Waals surface area contributed by atoms with E-state index < -0.39 is 193 Å². The van der Waals surface area contributed by atoms with E-state index in [0.717, 1.165) is 18.7 Å². The van der Waals surface area contributed by atoms with Gasteiger partial charge in [-0.05, 0) is 62.6 Å². The molecule has 9 amide bonds. The highest BCUT2D eigenvalue weighted by molar-refractivity contribution is 6.00. The minimum absolute atomic E-state index is 0.0472. The number of carbonyl (C=O) groups is 12. The molecule has 1 aliphatic heterocycles. The number of aliphatic carboxylic acids is 3. The fourth-order valence-electron chi connectivity index (χ4n) is 7.64. The lowest BCUT2D eigenvalue weighted by molar-refractivity contribution is -0.144. The van der Waals surface area contributed by atoms with Crippen molar-refractivity contribution in [2.24, 2.45) is 11.8 Å². The van der Waals surface area contributed by atoms with E-state index in [9.17, 15) is 104 Å². The summed E-state index contributed by atoms with van der Waals surface area (Å²) in [7, 11) is 0. The number of nitrogens with one attached hydrogen (secondary N) is 7. The molecule has 1 fully saturated rings. The molecule has 8 atom stereocenters. The maximum absolute atomic E-state index is 14.2. The van der Waals surface area contributed by atoms with E-state index >= 15 is 0 Å². The number of amides is 9. The largest absolute Gasteiger partial charge is 0.481 e. The molecule has 0 aromatic heterocycles. The number of hydrogen-bond acceptors (Lipinski definition) is 13. The summed E-state index contributed by atoms with van der Waals surface area (Å²) in [5, 5.41) is 52.1. The van der Waals surface area contributed by atoms with Crippen molar-refractivity contribution in [2.45, 2.75) is 154 Å². The third-order valence-electron chi connectivity index (χ3n) is 11.5. The van der Waals surface area contributed by atoms with E-state index in [1.54, 1.807) is 0 Å². The molecule has 11 N–H and O–H groups in total. The normalized spacial score (nSPS) is 16.3. The first-order valence-corrected chi connectivity index (χ1v) is 23.8. The molecule has 25 nitrogen and oxygen atoms in total. The number of benzene rings is 1. The summed E-state index contributed by atoms with van der Waals surface area (Å²) in [5.74, 6) is -17.0. The number of aliphatic hydroxyl groups is 1. The lowest BCUT2D eigenvalue weighted by atomic mass is 9.98. The molecule has 31 heteroatoms. The first-order chi connectivity index (χ1) is 35.5. The number of nitrogens with zero attached hydrogens (tertiary/aromatic N) is 2. The van der Waals surface area contributed by atoms with Crippen LogP contribution in [0.4, 0.5) is 26.3 Å². The second-order valence-corrected chi connectivity index (χ2v) is 18.6. The van der Waals surface area contributed by atoms with Crippen LogP contribution < -0.4 is 37.3 Å². The molecule has 1 aromatic rings. The van der Waals surface area contributed by atoms with Gasteiger partial charge < -0.3 is 57.2 Å². The van der Waals surface area contributed by atoms with Gasteiger partial charge in [0.05, 0.1) is 30.1 Å². The molecule has 0 unspecified atom stereocenters. The molecule has 0 radical (unpaired) electrons. The molecule has 1 aromatic carbocycles. The Balaban J connectivity index is 2.38. The van der Waals surface area contributed by atoms with Gasteiger partial charge in [-0.2, -0.15) is 26.3 Å². The Bertz CT molecular complexity index is 2340. The van der Waals surface area contributed by atoms with Crippen LogP contribution in [0.25, 0.3) is 0 Å². The van der Waals surface area contributed by atoms with Gasteiger partial charge >= 0.3 is 30.3 Å². The van der Waals surface area contributed by atoms with Crippen molar-refractivity contribution in [2.75, 3.05) is 13.1 Å². The van der Waals surface area contributed by atoms with Crippen LogP contribution in [0.5, 0.6) is 0 Å². The Labute approximate surface area is 435 Å². The Morgan fingerprint density at radius 1 is 0.636 bits per heavy atom. The minimum atomic E-state index is -5.29. The van der Waals surface area contributed by atoms with Gasteiger partial charge in [0.1, 0.15) is 42.3 Å². The van der Waals surface area contributed by atoms with Crippen molar-refractivity contribution in [3.05, 3.63) is 34.9 Å². The molecule has 0 aliphatic carbocycles. The van der Waals surface area contributed by atoms with Crippen molar-refractivity contribution in [1.29, 1.82) is 0 Å². The predicted molar refractivity (Wildman–Crippen MR) is 251 cm³/mol. The van der Waals surface area contributed by atoms with Gasteiger partial charge in [-0.25, -0.2) is 5.01 Å². The van der Waals surface area contributed by atoms with Crippen LogP contribution in [0.15, 0.2) is 18.2 Å². The molecular formula is C46H63F6N9O16. The molecule has 1 saturated heterocycles. The van der Waals surface area contributed by atoms with Gasteiger partial charge in [-0.15, -0.1) is 0 Å². The zero-order chi connectivity index (χ0) is 59.0. The Hall–Kier alpha value is -7.60. The highest BCUT2D eigenvalue weighted by Gasteiger charge is 2.43. The topological polar surface area (TPSA) is 376 Å². The molecule has 0 bridgehead atoms. The zero-order valence-electron chi connectivity index (χ0n) is 42.7. The smallest absolute Gasteiger partial charge is 0.416 e. The number of alkyl halides is 6. The maximum Gasteiger partial charge on any atom is 0.416 e. The van der Waals surface area contributed by atoms with Crippen LogP contribution in [-0.2, 0) is 65.1 Å². The lowest BCUT2D eigenvalue weighted by Gasteiger charge is -2.33. The number of carboxylic acid groups (broad SMARTS) is 3. The average molecular weight is 1110 g/mol. The van der Waals surface area contributed by atoms with E-state index in [1.807, 2.05) is 5.32 Å². The molecule has 0 spiro atoms. The number of aliphatic hydroxyl groups excluding tert-OH is 1. The fourth-order valence-corrected chi connectivity index (χ4v) is 7.64. The van der Waals surface area contributed by atoms with Gasteiger partial charge in [0.15, 0.2) is 0 Å². The van der Waals surface area contributed by atoms with Crippen LogP contribution in [0.2, 0.25) is 0 Å². The lowest BCUT2D eigenvalue weighted by Crippen LogP contribution is -2.62. The first kappa shape index (κ1) is 65.5. The number of hydrogen-bond donors (Lipinski definition) is 11. The van der Waals surface area contributed by atoms with Crippen LogP contribution in [-0.4, -0.2) is 163 Å². The number of rotatable bonds is 26. The van der Waals surface area contributed by atoms with Crippen LogP contribution in [0.3, 0.4) is 0 Å². The maximum atomic E-state index is 14.2. The van der Waals surface area contributed by atoms with Crippen molar-refractivity contribution in [3.8, 4) is 0 Å². The van der Waals surface area contributed by atoms with E-state index in [-0.39, 0.29) is 44.0 Å². The minimum Gasteiger partial charge on any atom is -0.481 e. The standard InChI is InChI=1S/C46H63F6N9O16/c1-8-13-61(43(76)24-15-25(45(47,48)49)17-26(16-24)46(50,51)52)59-40(73)30-10-9-14-60(30)44(77)35(21(4)5)57-41(74)34(20(2)3)56-39(72)29(19-33(68)69)55-37(70)27(11-12-31(64)65)54-42(75)36(22(6)62)58-38(71)28(18-32(66)67)53-23(7)63/h15-17,20-22,27-30,34-36,62H,8-14,18-19H2,1-7H3,(H,53,63)(H,54,75)(H,55,70)(H,56,72)(H,57,74)(H,58,71)(H,59,73)(H,64,65)(H,66,67)(H,68,69)/t22-,27+,28+,29+,30-,34+,35+,36+/m1/s1. The number of halogens is 6. The van der Waals surface area contributed by atoms with Gasteiger partial charge in [-0.1, -0.05) is 34.6 Å². The van der Waals surface area contributed by atoms with Crippen molar-refractivity contribution in [1.82, 2.24) is 47.2 Å². The van der Waals surface area contributed by atoms with E-state index in [1.165, 1.54) is 34.6 Å². The number of likely N-dealkylation sites (tertiary alicyclic amines) is 1. The Morgan fingerprint density at radius 3 is 1.53 bits per heavy atom. The average Bonchev–Trinajstić information content (AvgIpc) is 3.80. The molecular weight excluding hydrogens is 1050 g/mol. The zero-order valence-corrected chi connectivity index (χ0v) is 42.7. The Kier molecular flexibility index (Phi) is 24.3. The monoisotopic (exact) mass is 1110 g/mol. The highest BCUT2D eigenvalue weighted by atomic mass is 19.4. The van der Waals surface area contributed by atoms with Gasteiger partial charge in [0, 0.05) is 32.0 Å². The van der Waals surface area contributed by atoms with Crippen LogP contribution >= 0.6 is 0 Å². The second kappa shape index (κ2) is 28.5. The number of carbonyl (C=O) groups excluding carboxylic acids is 9. The van der Waals surface area contributed by atoms with Crippen LogP contribution in [0.1, 0.15) is 115 Å². The molecule has 77 heavy (non-hydrogen) atoms. The van der Waals surface area contributed by atoms with Crippen molar-refractivity contribution < 1.29 is 104 Å². The summed E-state index contributed by atoms with van der Waals surface area (Å²) in [5.41, 5.74) is -2.42. The van der Waals surface area contributed by atoms with E-state index in [0.29, 0.717) is 5.01 Å². The molecule has 1 aliphatic rings. The highest BCUT2D eigenvalue weighted by Crippen LogP contribution is 2.36. The Morgan fingerprint density at radius 2 is 1.09 bits per heavy atom. The number of hydrazine groups is 1. The summed E-state index contributed by atoms with van der Waals surface area (Å²) in [6.07, 6.45) is -16.0. The molecule has 430 valence electrons. The third kappa shape index (κ3) is 20.1. The summed E-state index contributed by atoms with van der Waals surface area (Å²) in [4.78, 5) is 157. The quantitative estimate of drug-likeness (QED) is 0.0431. The summed E-state index contributed by atoms with van der Waals surface area (Å²) < 4.78 is 81.7. The first-order valence-electron chi connectivity index (χ1n) is 23.8. The summed E-state index contributed by atoms with van der Waals surface area (Å²) in [6.45, 7) is 8.74. The van der Waals surface area contributed by atoms with Crippen molar-refractivity contribution in [3.63, 3.8) is 0 Å². The fraction of sp³-hybridized carbons (Fsp3) is 0.609. The number of carboxylic acids is 3. The van der Waals surface area contributed by atoms with Crippen LogP contribution in [0, 0.1) is 11.8 Å². The molecule has 2 rings (SSSR count). The second-order valence-electron chi connectivity index (χ2n) is 18.6. The van der Waals surface area contributed by atoms with Gasteiger partial charge in [0.25, 0.3) is 11.8 Å².